The molecule has 1 saturated heterocycles. The fourth-order valence-electron chi connectivity index (χ4n) is 7.29. The summed E-state index contributed by atoms with van der Waals surface area (Å²) in [5.74, 6) is -1.13. The maximum atomic E-state index is 13.0. The largest absolute Gasteiger partial charge is 0.381 e. The first-order chi connectivity index (χ1) is 26.7. The number of anilines is 2. The number of carbonyl (C=O) groups is 5. The molecule has 282 valence electrons. The van der Waals surface area contributed by atoms with Gasteiger partial charge in [0.2, 0.25) is 11.8 Å². The molecule has 5 amide bonds. The number of amides is 5. The van der Waals surface area contributed by atoms with E-state index in [1.54, 1.807) is 37.4 Å². The van der Waals surface area contributed by atoms with Crippen LogP contribution in [0.1, 0.15) is 94.2 Å². The number of nitrogens with one attached hydrogen (secondary N) is 4. The van der Waals surface area contributed by atoms with E-state index in [1.165, 1.54) is 25.7 Å². The van der Waals surface area contributed by atoms with Crippen molar-refractivity contribution in [3.05, 3.63) is 113 Å². The van der Waals surface area contributed by atoms with Crippen molar-refractivity contribution in [1.29, 1.82) is 0 Å². The van der Waals surface area contributed by atoms with Gasteiger partial charge in [0, 0.05) is 55.1 Å². The van der Waals surface area contributed by atoms with Gasteiger partial charge in [-0.3, -0.25) is 34.2 Å². The van der Waals surface area contributed by atoms with E-state index in [1.807, 2.05) is 53.2 Å². The number of benzene rings is 3. The van der Waals surface area contributed by atoms with Crippen LogP contribution in [0.4, 0.5) is 11.5 Å². The highest BCUT2D eigenvalue weighted by Crippen LogP contribution is 2.30. The average Bonchev–Trinajstić information content (AvgIpc) is 3.95. The van der Waals surface area contributed by atoms with E-state index >= 15 is 0 Å². The van der Waals surface area contributed by atoms with E-state index in [0.29, 0.717) is 23.8 Å². The summed E-state index contributed by atoms with van der Waals surface area (Å²) in [4.78, 5) is 66.8. The molecule has 1 saturated carbocycles. The average molecular weight is 741 g/mol. The quantitative estimate of drug-likeness (QED) is 0.130. The third-order valence-corrected chi connectivity index (χ3v) is 10.2. The maximum absolute atomic E-state index is 13.0. The standard InChI is InChI=1S/C28H24N4O5.C14H20N4/c1-29-25(34)19-8-6-18(7-9-19)17-4-2-16(3-5-17)15-30-20-10-11-21-22(14-20)28(37)32(27(21)36)23-12-13-24(33)31-26(23)35;1-2-5-12-10-14(16-11-6-3-4-7-11)18-13(17-12)8-9-15-18/h2-11,14,23,30H,12-13,15H2,1H3,(H,29,34)(H,31,33,35);8-11,16H,2-7H2,1H3. The number of carbonyl (C=O) groups excluding carboxylic acids is 5. The Morgan fingerprint density at radius 2 is 1.56 bits per heavy atom. The van der Waals surface area contributed by atoms with Crippen molar-refractivity contribution in [2.45, 2.75) is 76.9 Å². The van der Waals surface area contributed by atoms with Crippen LogP contribution in [-0.4, -0.2) is 68.2 Å². The summed E-state index contributed by atoms with van der Waals surface area (Å²) in [6.45, 7) is 2.68. The minimum absolute atomic E-state index is 0.0801. The molecule has 4 heterocycles. The van der Waals surface area contributed by atoms with Crippen LogP contribution >= 0.6 is 0 Å². The predicted molar refractivity (Wildman–Crippen MR) is 209 cm³/mol. The summed E-state index contributed by atoms with van der Waals surface area (Å²) in [7, 11) is 1.60. The molecule has 2 fully saturated rings. The Bertz CT molecular complexity index is 2240. The lowest BCUT2D eigenvalue weighted by Crippen LogP contribution is -2.54. The van der Waals surface area contributed by atoms with Crippen molar-refractivity contribution in [2.75, 3.05) is 17.7 Å². The second kappa shape index (κ2) is 16.3. The molecule has 1 atom stereocenters. The first-order valence-electron chi connectivity index (χ1n) is 18.8. The van der Waals surface area contributed by atoms with Crippen molar-refractivity contribution in [3.8, 4) is 11.1 Å². The second-order valence-electron chi connectivity index (χ2n) is 14.0. The molecule has 5 aromatic rings. The molecule has 0 spiro atoms. The van der Waals surface area contributed by atoms with Gasteiger partial charge in [0.15, 0.2) is 5.65 Å². The van der Waals surface area contributed by atoms with Gasteiger partial charge in [0.25, 0.3) is 17.7 Å². The Balaban J connectivity index is 0.000000215. The van der Waals surface area contributed by atoms with Gasteiger partial charge in [-0.15, -0.1) is 0 Å². The summed E-state index contributed by atoms with van der Waals surface area (Å²) in [5, 5.41) is 16.1. The molecule has 55 heavy (non-hydrogen) atoms. The smallest absolute Gasteiger partial charge is 0.262 e. The number of fused-ring (bicyclic) bond motifs is 2. The fraction of sp³-hybridized carbons (Fsp3) is 0.310. The lowest BCUT2D eigenvalue weighted by atomic mass is 10.0. The molecule has 1 unspecified atom stereocenters. The highest BCUT2D eigenvalue weighted by Gasteiger charge is 2.44. The molecule has 2 aliphatic heterocycles. The SMILES string of the molecule is CCCc1cc(NC2CCCC2)n2nccc2n1.CNC(=O)c1ccc(-c2ccc(CNc3ccc4c(c3)C(=O)N(C3CCC(=O)NC3=O)C4=O)cc2)cc1. The zero-order valence-corrected chi connectivity index (χ0v) is 30.9. The first kappa shape index (κ1) is 37.0. The van der Waals surface area contributed by atoms with Crippen molar-refractivity contribution in [1.82, 2.24) is 30.1 Å². The van der Waals surface area contributed by atoms with Crippen molar-refractivity contribution < 1.29 is 24.0 Å². The van der Waals surface area contributed by atoms with E-state index in [2.05, 4.69) is 44.3 Å². The number of aromatic nitrogens is 3. The Kier molecular flexibility index (Phi) is 11.0. The Labute approximate surface area is 318 Å². The summed E-state index contributed by atoms with van der Waals surface area (Å²) < 4.78 is 1.91. The van der Waals surface area contributed by atoms with Gasteiger partial charge in [-0.1, -0.05) is 62.6 Å². The number of piperidine rings is 1. The molecular formula is C42H44N8O5. The third-order valence-electron chi connectivity index (χ3n) is 10.2. The lowest BCUT2D eigenvalue weighted by molar-refractivity contribution is -0.136. The van der Waals surface area contributed by atoms with Crippen molar-refractivity contribution in [3.63, 3.8) is 0 Å². The van der Waals surface area contributed by atoms with E-state index in [9.17, 15) is 24.0 Å². The second-order valence-corrected chi connectivity index (χ2v) is 14.0. The van der Waals surface area contributed by atoms with E-state index < -0.39 is 29.7 Å². The highest BCUT2D eigenvalue weighted by atomic mass is 16.2. The molecule has 2 aromatic heterocycles. The molecule has 0 bridgehead atoms. The van der Waals surface area contributed by atoms with E-state index in [0.717, 1.165) is 51.6 Å². The number of rotatable bonds is 10. The fourth-order valence-corrected chi connectivity index (χ4v) is 7.29. The molecule has 13 nitrogen and oxygen atoms in total. The van der Waals surface area contributed by atoms with Crippen LogP contribution < -0.4 is 21.3 Å². The van der Waals surface area contributed by atoms with Gasteiger partial charge in [-0.2, -0.15) is 9.61 Å². The van der Waals surface area contributed by atoms with E-state index in [-0.39, 0.29) is 29.9 Å². The van der Waals surface area contributed by atoms with Crippen LogP contribution in [0.15, 0.2) is 85.1 Å². The first-order valence-corrected chi connectivity index (χ1v) is 18.8. The molecular weight excluding hydrogens is 697 g/mol. The summed E-state index contributed by atoms with van der Waals surface area (Å²) >= 11 is 0. The Hall–Kier alpha value is -6.37. The molecule has 13 heteroatoms. The highest BCUT2D eigenvalue weighted by molar-refractivity contribution is 6.23. The van der Waals surface area contributed by atoms with Crippen LogP contribution in [-0.2, 0) is 22.6 Å². The minimum atomic E-state index is -0.986. The normalized spacial score (nSPS) is 16.8. The van der Waals surface area contributed by atoms with Gasteiger partial charge in [-0.25, -0.2) is 4.98 Å². The topological polar surface area (TPSA) is 167 Å². The number of nitrogens with zero attached hydrogens (tertiary/aromatic N) is 4. The predicted octanol–water partition coefficient (Wildman–Crippen LogP) is 5.76. The lowest BCUT2D eigenvalue weighted by Gasteiger charge is -2.27. The number of aryl methyl sites for hydroxylation is 1. The summed E-state index contributed by atoms with van der Waals surface area (Å²) in [6.07, 6.45) is 9.40. The van der Waals surface area contributed by atoms with Crippen LogP contribution in [0, 0.1) is 0 Å². The molecule has 1 aliphatic carbocycles. The Morgan fingerprint density at radius 3 is 2.25 bits per heavy atom. The molecule has 3 aliphatic rings. The molecule has 0 radical (unpaired) electrons. The minimum Gasteiger partial charge on any atom is -0.381 e. The zero-order valence-electron chi connectivity index (χ0n) is 30.9. The van der Waals surface area contributed by atoms with Crippen LogP contribution in [0.3, 0.4) is 0 Å². The summed E-state index contributed by atoms with van der Waals surface area (Å²) in [6, 6.07) is 24.0. The van der Waals surface area contributed by atoms with Crippen LogP contribution in [0.2, 0.25) is 0 Å². The van der Waals surface area contributed by atoms with Gasteiger partial charge >= 0.3 is 0 Å². The van der Waals surface area contributed by atoms with Crippen LogP contribution in [0.25, 0.3) is 16.8 Å². The van der Waals surface area contributed by atoms with Gasteiger partial charge in [-0.05, 0) is 72.7 Å². The van der Waals surface area contributed by atoms with Crippen LogP contribution in [0.5, 0.6) is 0 Å². The number of imide groups is 2. The third kappa shape index (κ3) is 8.10. The van der Waals surface area contributed by atoms with Crippen molar-refractivity contribution in [2.24, 2.45) is 0 Å². The monoisotopic (exact) mass is 740 g/mol. The Morgan fingerprint density at radius 1 is 0.855 bits per heavy atom. The number of hydrogen-bond acceptors (Lipinski definition) is 9. The molecule has 4 N–H and O–H groups in total. The maximum Gasteiger partial charge on any atom is 0.262 e. The number of hydrogen-bond donors (Lipinski definition) is 4. The zero-order chi connectivity index (χ0) is 38.5. The molecule has 8 rings (SSSR count). The van der Waals surface area contributed by atoms with Gasteiger partial charge < -0.3 is 16.0 Å². The molecule has 3 aromatic carbocycles. The van der Waals surface area contributed by atoms with E-state index in [4.69, 9.17) is 0 Å². The van der Waals surface area contributed by atoms with Gasteiger partial charge in [0.1, 0.15) is 11.9 Å². The van der Waals surface area contributed by atoms with Gasteiger partial charge in [0.05, 0.1) is 17.3 Å². The van der Waals surface area contributed by atoms with Crippen molar-refractivity contribution >= 4 is 46.7 Å². The summed E-state index contributed by atoms with van der Waals surface area (Å²) in [5.41, 5.74) is 6.87.